The molecule has 0 amide bonds. The van der Waals surface area contributed by atoms with Crippen LogP contribution in [0.15, 0.2) is 42.6 Å². The lowest BCUT2D eigenvalue weighted by Crippen LogP contribution is -2.10. The molecule has 5 heteroatoms. The van der Waals surface area contributed by atoms with Crippen molar-refractivity contribution in [2.45, 2.75) is 0 Å². The van der Waals surface area contributed by atoms with E-state index < -0.39 is 5.97 Å². The summed E-state index contributed by atoms with van der Waals surface area (Å²) in [5, 5.41) is 0.538. The number of nitrogens with zero attached hydrogens (tertiary/aromatic N) is 1. The van der Waals surface area contributed by atoms with Gasteiger partial charge in [0.05, 0.1) is 5.02 Å². The Kier molecular flexibility index (Phi) is 3.61. The Morgan fingerprint density at radius 3 is 2.65 bits per heavy atom. The van der Waals surface area contributed by atoms with Crippen molar-refractivity contribution in [3.63, 3.8) is 0 Å². The van der Waals surface area contributed by atoms with E-state index in [0.29, 0.717) is 5.02 Å². The number of benzene rings is 1. The standard InChI is InChI=1S/C12H7Cl2NO2/c13-8-4-3-6-10(11(8)14)17-12(16)9-5-1-2-7-15-9/h1-7H. The number of rotatable bonds is 2. The average Bonchev–Trinajstić information content (AvgIpc) is 2.36. The maximum Gasteiger partial charge on any atom is 0.362 e. The van der Waals surface area contributed by atoms with E-state index in [1.807, 2.05) is 0 Å². The molecule has 0 aliphatic heterocycles. The second kappa shape index (κ2) is 5.17. The third kappa shape index (κ3) is 2.75. The maximum atomic E-state index is 11.7. The predicted octanol–water partition coefficient (Wildman–Crippen LogP) is 3.61. The van der Waals surface area contributed by atoms with Gasteiger partial charge < -0.3 is 4.74 Å². The van der Waals surface area contributed by atoms with Crippen molar-refractivity contribution in [3.05, 3.63) is 58.3 Å². The van der Waals surface area contributed by atoms with Gasteiger partial charge >= 0.3 is 5.97 Å². The summed E-state index contributed by atoms with van der Waals surface area (Å²) in [7, 11) is 0. The Morgan fingerprint density at radius 2 is 1.94 bits per heavy atom. The van der Waals surface area contributed by atoms with Crippen LogP contribution in [0, 0.1) is 0 Å². The molecule has 0 N–H and O–H groups in total. The number of hydrogen-bond donors (Lipinski definition) is 0. The van der Waals surface area contributed by atoms with E-state index in [-0.39, 0.29) is 16.5 Å². The first-order valence-electron chi connectivity index (χ1n) is 4.75. The molecule has 0 unspecified atom stereocenters. The molecule has 0 aliphatic rings. The van der Waals surface area contributed by atoms with Crippen LogP contribution in [-0.2, 0) is 0 Å². The van der Waals surface area contributed by atoms with E-state index >= 15 is 0 Å². The van der Waals surface area contributed by atoms with E-state index in [0.717, 1.165) is 0 Å². The first-order valence-corrected chi connectivity index (χ1v) is 5.51. The highest BCUT2D eigenvalue weighted by Crippen LogP contribution is 2.31. The normalized spacial score (nSPS) is 10.0. The summed E-state index contributed by atoms with van der Waals surface area (Å²) in [6.45, 7) is 0. The van der Waals surface area contributed by atoms with Gasteiger partial charge in [-0.15, -0.1) is 0 Å². The van der Waals surface area contributed by atoms with Crippen molar-refractivity contribution < 1.29 is 9.53 Å². The summed E-state index contributed by atoms with van der Waals surface area (Å²) >= 11 is 11.7. The Labute approximate surface area is 108 Å². The third-order valence-corrected chi connectivity index (χ3v) is 2.79. The van der Waals surface area contributed by atoms with E-state index in [2.05, 4.69) is 4.98 Å². The molecule has 0 bridgehead atoms. The van der Waals surface area contributed by atoms with Crippen LogP contribution in [0.3, 0.4) is 0 Å². The summed E-state index contributed by atoms with van der Waals surface area (Å²) in [5.74, 6) is -0.357. The average molecular weight is 268 g/mol. The van der Waals surface area contributed by atoms with Crippen molar-refractivity contribution in [3.8, 4) is 5.75 Å². The highest BCUT2D eigenvalue weighted by molar-refractivity contribution is 6.43. The second-order valence-corrected chi connectivity index (χ2v) is 3.94. The Balaban J connectivity index is 2.22. The van der Waals surface area contributed by atoms with Gasteiger partial charge in [0, 0.05) is 6.20 Å². The molecule has 1 heterocycles. The zero-order chi connectivity index (χ0) is 12.3. The van der Waals surface area contributed by atoms with Gasteiger partial charge in [-0.25, -0.2) is 9.78 Å². The van der Waals surface area contributed by atoms with Gasteiger partial charge in [0.1, 0.15) is 10.7 Å². The Hall–Kier alpha value is -1.58. The largest absolute Gasteiger partial charge is 0.420 e. The summed E-state index contributed by atoms with van der Waals surface area (Å²) in [6, 6.07) is 9.79. The van der Waals surface area contributed by atoms with Gasteiger partial charge in [-0.2, -0.15) is 0 Å². The minimum atomic E-state index is -0.574. The van der Waals surface area contributed by atoms with Crippen molar-refractivity contribution in [1.29, 1.82) is 0 Å². The fourth-order valence-corrected chi connectivity index (χ4v) is 1.53. The lowest BCUT2D eigenvalue weighted by Gasteiger charge is -2.06. The predicted molar refractivity (Wildman–Crippen MR) is 65.7 cm³/mol. The van der Waals surface area contributed by atoms with Crippen LogP contribution in [-0.4, -0.2) is 11.0 Å². The minimum absolute atomic E-state index is 0.207. The monoisotopic (exact) mass is 267 g/mol. The third-order valence-electron chi connectivity index (χ3n) is 1.99. The number of ether oxygens (including phenoxy) is 1. The van der Waals surface area contributed by atoms with Crippen LogP contribution in [0.5, 0.6) is 5.75 Å². The number of esters is 1. The first-order chi connectivity index (χ1) is 8.18. The Morgan fingerprint density at radius 1 is 1.12 bits per heavy atom. The zero-order valence-corrected chi connectivity index (χ0v) is 10.1. The van der Waals surface area contributed by atoms with E-state index in [1.165, 1.54) is 6.20 Å². The number of pyridine rings is 1. The number of hydrogen-bond acceptors (Lipinski definition) is 3. The van der Waals surface area contributed by atoms with Crippen LogP contribution >= 0.6 is 23.2 Å². The molecule has 1 aromatic heterocycles. The molecule has 3 nitrogen and oxygen atoms in total. The minimum Gasteiger partial charge on any atom is -0.420 e. The maximum absolute atomic E-state index is 11.7. The summed E-state index contributed by atoms with van der Waals surface area (Å²) < 4.78 is 5.09. The number of carbonyl (C=O) groups is 1. The van der Waals surface area contributed by atoms with Crippen LogP contribution in [0.1, 0.15) is 10.5 Å². The molecule has 0 spiro atoms. The number of halogens is 2. The van der Waals surface area contributed by atoms with E-state index in [9.17, 15) is 4.79 Å². The quantitative estimate of drug-likeness (QED) is 0.617. The number of carbonyl (C=O) groups excluding carboxylic acids is 1. The molecule has 2 rings (SSSR count). The molecule has 0 aliphatic carbocycles. The van der Waals surface area contributed by atoms with Gasteiger partial charge in [0.15, 0.2) is 5.75 Å². The highest BCUT2D eigenvalue weighted by Gasteiger charge is 2.13. The van der Waals surface area contributed by atoms with Crippen LogP contribution in [0.4, 0.5) is 0 Å². The lowest BCUT2D eigenvalue weighted by atomic mass is 10.3. The van der Waals surface area contributed by atoms with Crippen molar-refractivity contribution in [2.24, 2.45) is 0 Å². The SMILES string of the molecule is O=C(Oc1cccc(Cl)c1Cl)c1ccccn1. The van der Waals surface area contributed by atoms with Gasteiger partial charge in [-0.3, -0.25) is 0 Å². The van der Waals surface area contributed by atoms with Crippen LogP contribution in [0.2, 0.25) is 10.0 Å². The van der Waals surface area contributed by atoms with Crippen molar-refractivity contribution in [1.82, 2.24) is 4.98 Å². The molecule has 2 aromatic rings. The summed E-state index contributed by atoms with van der Waals surface area (Å²) in [6.07, 6.45) is 1.51. The van der Waals surface area contributed by atoms with E-state index in [1.54, 1.807) is 36.4 Å². The molecule has 1 aromatic carbocycles. The molecular formula is C12H7Cl2NO2. The fraction of sp³-hybridized carbons (Fsp3) is 0. The first kappa shape index (κ1) is 11.9. The van der Waals surface area contributed by atoms with Gasteiger partial charge in [0.2, 0.25) is 0 Å². The summed E-state index contributed by atoms with van der Waals surface area (Å²) in [4.78, 5) is 15.6. The number of aromatic nitrogens is 1. The molecule has 0 fully saturated rings. The second-order valence-electron chi connectivity index (χ2n) is 3.16. The van der Waals surface area contributed by atoms with Crippen molar-refractivity contribution >= 4 is 29.2 Å². The lowest BCUT2D eigenvalue weighted by molar-refractivity contribution is 0.0729. The molecule has 86 valence electrons. The topological polar surface area (TPSA) is 39.2 Å². The van der Waals surface area contributed by atoms with Crippen LogP contribution < -0.4 is 4.74 Å². The van der Waals surface area contributed by atoms with Gasteiger partial charge in [-0.1, -0.05) is 35.3 Å². The molecular weight excluding hydrogens is 261 g/mol. The zero-order valence-electron chi connectivity index (χ0n) is 8.56. The summed E-state index contributed by atoms with van der Waals surface area (Å²) in [5.41, 5.74) is 0.212. The highest BCUT2D eigenvalue weighted by atomic mass is 35.5. The molecule has 0 atom stereocenters. The van der Waals surface area contributed by atoms with Crippen LogP contribution in [0.25, 0.3) is 0 Å². The van der Waals surface area contributed by atoms with Gasteiger partial charge in [-0.05, 0) is 24.3 Å². The molecule has 0 radical (unpaired) electrons. The smallest absolute Gasteiger partial charge is 0.362 e. The van der Waals surface area contributed by atoms with E-state index in [4.69, 9.17) is 27.9 Å². The van der Waals surface area contributed by atoms with Gasteiger partial charge in [0.25, 0.3) is 0 Å². The fourth-order valence-electron chi connectivity index (χ4n) is 1.20. The Bertz CT molecular complexity index is 543. The molecule has 0 saturated heterocycles. The molecule has 17 heavy (non-hydrogen) atoms. The van der Waals surface area contributed by atoms with Crippen molar-refractivity contribution in [2.75, 3.05) is 0 Å². The molecule has 0 saturated carbocycles.